The summed E-state index contributed by atoms with van der Waals surface area (Å²) in [6.45, 7) is 2.37. The van der Waals surface area contributed by atoms with Crippen LogP contribution in [0.15, 0.2) is 48.5 Å². The van der Waals surface area contributed by atoms with Gasteiger partial charge in [0.25, 0.3) is 5.91 Å². The highest BCUT2D eigenvalue weighted by atomic mass is 19.1. The molecular formula is C22H24FN3O3. The molecule has 6 nitrogen and oxygen atoms in total. The lowest BCUT2D eigenvalue weighted by Crippen LogP contribution is -2.40. The summed E-state index contributed by atoms with van der Waals surface area (Å²) in [5, 5.41) is 5.56. The van der Waals surface area contributed by atoms with Crippen molar-refractivity contribution in [1.82, 2.24) is 10.2 Å². The molecule has 1 aliphatic carbocycles. The number of likely N-dealkylation sites (N-methyl/N-ethyl adjacent to an activating group) is 1. The molecule has 152 valence electrons. The van der Waals surface area contributed by atoms with Crippen molar-refractivity contribution in [2.24, 2.45) is 5.92 Å². The third-order valence-electron chi connectivity index (χ3n) is 4.75. The Morgan fingerprint density at radius 3 is 2.28 bits per heavy atom. The van der Waals surface area contributed by atoms with Gasteiger partial charge in [0, 0.05) is 30.3 Å². The van der Waals surface area contributed by atoms with Crippen LogP contribution in [0, 0.1) is 11.7 Å². The molecule has 0 bridgehead atoms. The normalized spacial score (nSPS) is 12.9. The summed E-state index contributed by atoms with van der Waals surface area (Å²) in [6.07, 6.45) is 1.86. The number of carbonyl (C=O) groups is 3. The Morgan fingerprint density at radius 2 is 1.69 bits per heavy atom. The maximum Gasteiger partial charge on any atom is 0.254 e. The maximum atomic E-state index is 12.9. The zero-order chi connectivity index (χ0) is 20.8. The van der Waals surface area contributed by atoms with Crippen LogP contribution in [0.3, 0.4) is 0 Å². The third kappa shape index (κ3) is 5.88. The van der Waals surface area contributed by atoms with Crippen LogP contribution in [0.5, 0.6) is 0 Å². The number of nitrogens with one attached hydrogen (secondary N) is 2. The number of amides is 3. The molecule has 0 atom stereocenters. The first kappa shape index (κ1) is 20.5. The van der Waals surface area contributed by atoms with E-state index in [9.17, 15) is 18.8 Å². The molecule has 2 N–H and O–H groups in total. The molecule has 0 heterocycles. The van der Waals surface area contributed by atoms with E-state index in [1.807, 2.05) is 0 Å². The molecule has 1 fully saturated rings. The second-order valence-corrected chi connectivity index (χ2v) is 7.06. The van der Waals surface area contributed by atoms with Crippen LogP contribution >= 0.6 is 0 Å². The second kappa shape index (κ2) is 9.32. The van der Waals surface area contributed by atoms with Crippen LogP contribution in [0.25, 0.3) is 0 Å². The van der Waals surface area contributed by atoms with E-state index in [1.54, 1.807) is 43.3 Å². The largest absolute Gasteiger partial charge is 0.350 e. The topological polar surface area (TPSA) is 78.5 Å². The average Bonchev–Trinajstić information content (AvgIpc) is 3.57. The van der Waals surface area contributed by atoms with Crippen LogP contribution in [-0.4, -0.2) is 35.7 Å². The molecule has 0 radical (unpaired) electrons. The highest BCUT2D eigenvalue weighted by Gasteiger charge is 2.29. The first-order valence-corrected chi connectivity index (χ1v) is 9.67. The summed E-state index contributed by atoms with van der Waals surface area (Å²) >= 11 is 0. The number of halogens is 1. The van der Waals surface area contributed by atoms with E-state index in [2.05, 4.69) is 10.6 Å². The number of rotatable bonds is 8. The standard InChI is InChI=1S/C22H24FN3O3/c1-2-26(14-20(27)24-13-15-3-9-18(23)10-4-15)22(29)17-7-11-19(12-8-17)25-21(28)16-5-6-16/h3-4,7-12,16H,2,5-6,13-14H2,1H3,(H,24,27)(H,25,28). The van der Waals surface area contributed by atoms with Crippen molar-refractivity contribution in [1.29, 1.82) is 0 Å². The average molecular weight is 397 g/mol. The Morgan fingerprint density at radius 1 is 1.03 bits per heavy atom. The fourth-order valence-corrected chi connectivity index (χ4v) is 2.83. The van der Waals surface area contributed by atoms with Crippen molar-refractivity contribution in [2.45, 2.75) is 26.3 Å². The van der Waals surface area contributed by atoms with E-state index in [4.69, 9.17) is 0 Å². The van der Waals surface area contributed by atoms with Gasteiger partial charge < -0.3 is 15.5 Å². The Balaban J connectivity index is 1.52. The van der Waals surface area contributed by atoms with Gasteiger partial charge in [-0.05, 0) is 61.7 Å². The zero-order valence-electron chi connectivity index (χ0n) is 16.3. The Bertz CT molecular complexity index is 877. The molecule has 2 aromatic carbocycles. The van der Waals surface area contributed by atoms with Gasteiger partial charge in [0.05, 0.1) is 6.54 Å². The minimum atomic E-state index is -0.332. The molecule has 1 aliphatic rings. The molecule has 3 amide bonds. The summed E-state index contributed by atoms with van der Waals surface area (Å²) in [6, 6.07) is 12.5. The summed E-state index contributed by atoms with van der Waals surface area (Å²) < 4.78 is 12.9. The molecule has 0 unspecified atom stereocenters. The molecule has 3 rings (SSSR count). The van der Waals surface area contributed by atoms with Crippen molar-refractivity contribution >= 4 is 23.4 Å². The second-order valence-electron chi connectivity index (χ2n) is 7.06. The highest BCUT2D eigenvalue weighted by Crippen LogP contribution is 2.30. The van der Waals surface area contributed by atoms with Gasteiger partial charge in [0.1, 0.15) is 5.82 Å². The van der Waals surface area contributed by atoms with Gasteiger partial charge in [0.15, 0.2) is 0 Å². The molecule has 2 aromatic rings. The van der Waals surface area contributed by atoms with Crippen molar-refractivity contribution in [3.63, 3.8) is 0 Å². The molecule has 1 saturated carbocycles. The Labute approximate surface area is 169 Å². The van der Waals surface area contributed by atoms with Gasteiger partial charge in [-0.2, -0.15) is 0 Å². The van der Waals surface area contributed by atoms with Gasteiger partial charge in [-0.1, -0.05) is 12.1 Å². The highest BCUT2D eigenvalue weighted by molar-refractivity contribution is 5.98. The smallest absolute Gasteiger partial charge is 0.254 e. The van der Waals surface area contributed by atoms with Crippen molar-refractivity contribution in [3.05, 3.63) is 65.5 Å². The summed E-state index contributed by atoms with van der Waals surface area (Å²) in [4.78, 5) is 38.1. The lowest BCUT2D eigenvalue weighted by atomic mass is 10.1. The third-order valence-corrected chi connectivity index (χ3v) is 4.75. The van der Waals surface area contributed by atoms with E-state index in [0.29, 0.717) is 17.8 Å². The molecule has 0 spiro atoms. The summed E-state index contributed by atoms with van der Waals surface area (Å²) in [7, 11) is 0. The summed E-state index contributed by atoms with van der Waals surface area (Å²) in [5.41, 5.74) is 1.87. The van der Waals surface area contributed by atoms with Gasteiger partial charge in [-0.15, -0.1) is 0 Å². The lowest BCUT2D eigenvalue weighted by Gasteiger charge is -2.20. The van der Waals surface area contributed by atoms with Crippen molar-refractivity contribution in [2.75, 3.05) is 18.4 Å². The molecule has 7 heteroatoms. The van der Waals surface area contributed by atoms with E-state index in [0.717, 1.165) is 18.4 Å². The van der Waals surface area contributed by atoms with Crippen molar-refractivity contribution < 1.29 is 18.8 Å². The van der Waals surface area contributed by atoms with Gasteiger partial charge >= 0.3 is 0 Å². The van der Waals surface area contributed by atoms with E-state index >= 15 is 0 Å². The molecule has 0 saturated heterocycles. The monoisotopic (exact) mass is 397 g/mol. The summed E-state index contributed by atoms with van der Waals surface area (Å²) in [5.74, 6) is -0.763. The number of hydrogen-bond acceptors (Lipinski definition) is 3. The van der Waals surface area contributed by atoms with Crippen LogP contribution in [-0.2, 0) is 16.1 Å². The molecule has 0 aromatic heterocycles. The maximum absolute atomic E-state index is 12.9. The fraction of sp³-hybridized carbons (Fsp3) is 0.318. The fourth-order valence-electron chi connectivity index (χ4n) is 2.83. The predicted molar refractivity (Wildman–Crippen MR) is 108 cm³/mol. The first-order valence-electron chi connectivity index (χ1n) is 9.67. The number of nitrogens with zero attached hydrogens (tertiary/aromatic N) is 1. The predicted octanol–water partition coefficient (Wildman–Crippen LogP) is 2.95. The molecule has 0 aliphatic heterocycles. The minimum absolute atomic E-state index is 0.0112. The quantitative estimate of drug-likeness (QED) is 0.719. The number of carbonyl (C=O) groups excluding carboxylic acids is 3. The number of benzene rings is 2. The number of anilines is 1. The van der Waals surface area contributed by atoms with Crippen LogP contribution in [0.2, 0.25) is 0 Å². The van der Waals surface area contributed by atoms with Crippen LogP contribution in [0.1, 0.15) is 35.7 Å². The van der Waals surface area contributed by atoms with Crippen LogP contribution in [0.4, 0.5) is 10.1 Å². The SMILES string of the molecule is CCN(CC(=O)NCc1ccc(F)cc1)C(=O)c1ccc(NC(=O)C2CC2)cc1. The Kier molecular flexibility index (Phi) is 6.59. The lowest BCUT2D eigenvalue weighted by molar-refractivity contribution is -0.122. The van der Waals surface area contributed by atoms with Gasteiger partial charge in [0.2, 0.25) is 11.8 Å². The van der Waals surface area contributed by atoms with E-state index < -0.39 is 0 Å². The number of hydrogen-bond donors (Lipinski definition) is 2. The van der Waals surface area contributed by atoms with Crippen LogP contribution < -0.4 is 10.6 Å². The molecular weight excluding hydrogens is 373 g/mol. The Hall–Kier alpha value is -3.22. The first-order chi connectivity index (χ1) is 14.0. The van der Waals surface area contributed by atoms with Gasteiger partial charge in [-0.3, -0.25) is 14.4 Å². The molecule has 29 heavy (non-hydrogen) atoms. The minimum Gasteiger partial charge on any atom is -0.350 e. The van der Waals surface area contributed by atoms with Gasteiger partial charge in [-0.25, -0.2) is 4.39 Å². The van der Waals surface area contributed by atoms with E-state index in [-0.39, 0.29) is 42.5 Å². The van der Waals surface area contributed by atoms with E-state index in [1.165, 1.54) is 17.0 Å². The zero-order valence-corrected chi connectivity index (χ0v) is 16.3. The van der Waals surface area contributed by atoms with Crippen molar-refractivity contribution in [3.8, 4) is 0 Å².